The molecule has 0 radical (unpaired) electrons. The first-order valence-electron chi connectivity index (χ1n) is 5.29. The van der Waals surface area contributed by atoms with Crippen LogP contribution in [0.5, 0.6) is 0 Å². The van der Waals surface area contributed by atoms with Crippen LogP contribution in [-0.2, 0) is 12.6 Å². The molecule has 0 aliphatic carbocycles. The van der Waals surface area contributed by atoms with E-state index in [1.54, 1.807) is 0 Å². The van der Waals surface area contributed by atoms with Crippen molar-refractivity contribution in [3.05, 3.63) is 40.3 Å². The lowest BCUT2D eigenvalue weighted by Gasteiger charge is -2.11. The molecule has 0 saturated heterocycles. The molecule has 1 heterocycles. The molecule has 0 fully saturated rings. The van der Waals surface area contributed by atoms with Gasteiger partial charge in [0.2, 0.25) is 0 Å². The van der Waals surface area contributed by atoms with Crippen molar-refractivity contribution >= 4 is 27.5 Å². The van der Waals surface area contributed by atoms with Gasteiger partial charge in [-0.3, -0.25) is 0 Å². The van der Waals surface area contributed by atoms with Gasteiger partial charge in [0, 0.05) is 22.3 Å². The predicted octanol–water partition coefficient (Wildman–Crippen LogP) is 4.90. The van der Waals surface area contributed by atoms with Crippen molar-refractivity contribution in [1.82, 2.24) is 4.98 Å². The summed E-state index contributed by atoms with van der Waals surface area (Å²) in [7, 11) is 0. The Morgan fingerprint density at radius 2 is 2.05 bits per heavy atom. The highest BCUT2D eigenvalue weighted by molar-refractivity contribution is 9.10. The molecule has 0 aliphatic heterocycles. The lowest BCUT2D eigenvalue weighted by molar-refractivity contribution is -0.137. The first-order chi connectivity index (χ1) is 8.91. The Morgan fingerprint density at radius 1 is 1.32 bits per heavy atom. The molecule has 1 aromatic carbocycles. The molecule has 0 spiro atoms. The summed E-state index contributed by atoms with van der Waals surface area (Å²) in [5.41, 5.74) is -0.806. The molecule has 1 aromatic heterocycles. The molecular formula is C12H8BrClF3NO. The molecule has 0 unspecified atom stereocenters. The lowest BCUT2D eigenvalue weighted by Crippen LogP contribution is -2.06. The van der Waals surface area contributed by atoms with Gasteiger partial charge in [0.1, 0.15) is 0 Å². The van der Waals surface area contributed by atoms with Gasteiger partial charge in [-0.15, -0.1) is 11.6 Å². The third-order valence-corrected chi connectivity index (χ3v) is 3.10. The number of hydrogen-bond donors (Lipinski definition) is 0. The number of aromatic nitrogens is 1. The third kappa shape index (κ3) is 3.30. The summed E-state index contributed by atoms with van der Waals surface area (Å²) in [5.74, 6) is 0.702. The molecule has 0 saturated carbocycles. The number of halogens is 5. The van der Waals surface area contributed by atoms with Gasteiger partial charge in [-0.25, -0.2) is 4.98 Å². The van der Waals surface area contributed by atoms with Crippen molar-refractivity contribution in [3.8, 4) is 11.3 Å². The highest BCUT2D eigenvalue weighted by Gasteiger charge is 2.34. The molecule has 0 aliphatic rings. The highest BCUT2D eigenvalue weighted by Crippen LogP contribution is 2.38. The van der Waals surface area contributed by atoms with E-state index in [4.69, 9.17) is 16.0 Å². The minimum atomic E-state index is -4.46. The van der Waals surface area contributed by atoms with E-state index in [1.807, 2.05) is 0 Å². The maximum atomic E-state index is 13.0. The van der Waals surface area contributed by atoms with Crippen molar-refractivity contribution in [2.45, 2.75) is 12.6 Å². The molecule has 2 rings (SSSR count). The molecule has 102 valence electrons. The van der Waals surface area contributed by atoms with Gasteiger partial charge in [0.25, 0.3) is 0 Å². The number of aryl methyl sites for hydroxylation is 1. The molecule has 0 bridgehead atoms. The number of nitrogens with zero attached hydrogens (tertiary/aromatic N) is 1. The summed E-state index contributed by atoms with van der Waals surface area (Å²) in [6.45, 7) is 0. The average molecular weight is 355 g/mol. The average Bonchev–Trinajstić information content (AvgIpc) is 2.77. The Balaban J connectivity index is 2.48. The van der Waals surface area contributed by atoms with Crippen molar-refractivity contribution in [2.24, 2.45) is 0 Å². The monoisotopic (exact) mass is 353 g/mol. The number of alkyl halides is 4. The van der Waals surface area contributed by atoms with E-state index in [0.29, 0.717) is 22.7 Å². The second kappa shape index (κ2) is 5.54. The van der Waals surface area contributed by atoms with Gasteiger partial charge in [-0.2, -0.15) is 13.2 Å². The van der Waals surface area contributed by atoms with Crippen LogP contribution in [0, 0.1) is 0 Å². The number of benzene rings is 1. The van der Waals surface area contributed by atoms with Gasteiger partial charge in [0.05, 0.1) is 11.8 Å². The largest absolute Gasteiger partial charge is 0.441 e. The summed E-state index contributed by atoms with van der Waals surface area (Å²) >= 11 is 8.56. The van der Waals surface area contributed by atoms with Crippen molar-refractivity contribution in [1.29, 1.82) is 0 Å². The van der Waals surface area contributed by atoms with Crippen LogP contribution in [0.4, 0.5) is 13.2 Å². The van der Waals surface area contributed by atoms with Crippen LogP contribution in [0.15, 0.2) is 33.3 Å². The lowest BCUT2D eigenvalue weighted by atomic mass is 10.1. The number of rotatable bonds is 3. The van der Waals surface area contributed by atoms with Crippen molar-refractivity contribution in [3.63, 3.8) is 0 Å². The Hall–Kier alpha value is -1.01. The first-order valence-corrected chi connectivity index (χ1v) is 6.62. The zero-order valence-electron chi connectivity index (χ0n) is 9.47. The van der Waals surface area contributed by atoms with Gasteiger partial charge < -0.3 is 4.42 Å². The standard InChI is InChI=1S/C12H8BrClF3NO/c13-7-1-2-8(9(5-7)12(15,16)17)10-6-18-11(19-10)3-4-14/h1-2,5-6H,3-4H2. The van der Waals surface area contributed by atoms with Gasteiger partial charge in [-0.1, -0.05) is 15.9 Å². The molecule has 2 nitrogen and oxygen atoms in total. The second-order valence-corrected chi connectivity index (χ2v) is 5.04. The fourth-order valence-electron chi connectivity index (χ4n) is 1.60. The Bertz CT molecular complexity index is 583. The molecular weight excluding hydrogens is 346 g/mol. The summed E-state index contributed by atoms with van der Waals surface area (Å²) in [6, 6.07) is 3.88. The minimum Gasteiger partial charge on any atom is -0.441 e. The van der Waals surface area contributed by atoms with Crippen molar-refractivity contribution in [2.75, 3.05) is 5.88 Å². The normalized spacial score (nSPS) is 11.8. The maximum Gasteiger partial charge on any atom is 0.417 e. The Labute approximate surface area is 120 Å². The van der Waals surface area contributed by atoms with Crippen LogP contribution in [0.1, 0.15) is 11.5 Å². The molecule has 0 amide bonds. The zero-order chi connectivity index (χ0) is 14.0. The first kappa shape index (κ1) is 14.4. The molecule has 0 atom stereocenters. The smallest absolute Gasteiger partial charge is 0.417 e. The minimum absolute atomic E-state index is 0.0379. The van der Waals surface area contributed by atoms with E-state index in [-0.39, 0.29) is 11.3 Å². The van der Waals surface area contributed by atoms with E-state index in [9.17, 15) is 13.2 Å². The summed E-state index contributed by atoms with van der Waals surface area (Å²) in [5, 5.41) is 0. The Kier molecular flexibility index (Phi) is 4.20. The molecule has 2 aromatic rings. The molecule has 19 heavy (non-hydrogen) atoms. The highest BCUT2D eigenvalue weighted by atomic mass is 79.9. The van der Waals surface area contributed by atoms with Gasteiger partial charge in [-0.05, 0) is 18.2 Å². The van der Waals surface area contributed by atoms with E-state index < -0.39 is 11.7 Å². The van der Waals surface area contributed by atoms with E-state index >= 15 is 0 Å². The van der Waals surface area contributed by atoms with Crippen LogP contribution in [0.25, 0.3) is 11.3 Å². The van der Waals surface area contributed by atoms with Crippen LogP contribution in [0.3, 0.4) is 0 Å². The summed E-state index contributed by atoms with van der Waals surface area (Å²) in [6.07, 6.45) is -2.81. The summed E-state index contributed by atoms with van der Waals surface area (Å²) in [4.78, 5) is 3.90. The van der Waals surface area contributed by atoms with Gasteiger partial charge >= 0.3 is 6.18 Å². The van der Waals surface area contributed by atoms with Crippen LogP contribution < -0.4 is 0 Å². The topological polar surface area (TPSA) is 26.0 Å². The van der Waals surface area contributed by atoms with Crippen LogP contribution in [-0.4, -0.2) is 10.9 Å². The quantitative estimate of drug-likeness (QED) is 0.732. The number of hydrogen-bond acceptors (Lipinski definition) is 2. The van der Waals surface area contributed by atoms with E-state index in [1.165, 1.54) is 18.3 Å². The second-order valence-electron chi connectivity index (χ2n) is 3.74. The maximum absolute atomic E-state index is 13.0. The van der Waals surface area contributed by atoms with Crippen LogP contribution >= 0.6 is 27.5 Å². The predicted molar refractivity (Wildman–Crippen MR) is 69.1 cm³/mol. The van der Waals surface area contributed by atoms with E-state index in [0.717, 1.165) is 6.07 Å². The fourth-order valence-corrected chi connectivity index (χ4v) is 2.12. The molecule has 7 heteroatoms. The van der Waals surface area contributed by atoms with Crippen molar-refractivity contribution < 1.29 is 17.6 Å². The zero-order valence-corrected chi connectivity index (χ0v) is 11.8. The SMILES string of the molecule is FC(F)(F)c1cc(Br)ccc1-c1cnc(CCCl)o1. The third-order valence-electron chi connectivity index (χ3n) is 2.41. The van der Waals surface area contributed by atoms with Crippen LogP contribution in [0.2, 0.25) is 0 Å². The number of oxazole rings is 1. The van der Waals surface area contributed by atoms with E-state index in [2.05, 4.69) is 20.9 Å². The Morgan fingerprint density at radius 3 is 2.68 bits per heavy atom. The molecule has 0 N–H and O–H groups in total. The van der Waals surface area contributed by atoms with Gasteiger partial charge in [0.15, 0.2) is 11.7 Å². The summed E-state index contributed by atoms with van der Waals surface area (Å²) < 4.78 is 44.5. The fraction of sp³-hybridized carbons (Fsp3) is 0.250.